The largest absolute Gasteiger partial charge is 0.478 e. The Labute approximate surface area is 181 Å². The number of carbonyl (C=O) groups is 1. The van der Waals surface area contributed by atoms with Crippen LogP contribution in [0.2, 0.25) is 0 Å². The molecule has 4 rings (SSSR count). The molecule has 0 fully saturated rings. The van der Waals surface area contributed by atoms with Crippen LogP contribution >= 0.6 is 0 Å². The van der Waals surface area contributed by atoms with Crippen LogP contribution in [0, 0.1) is 6.92 Å². The molecule has 31 heavy (non-hydrogen) atoms. The first-order valence-electron chi connectivity index (χ1n) is 10.3. The number of carboxylic acids is 1. The van der Waals surface area contributed by atoms with E-state index < -0.39 is 5.97 Å². The van der Waals surface area contributed by atoms with Gasteiger partial charge >= 0.3 is 5.97 Å². The molecule has 0 amide bonds. The van der Waals surface area contributed by atoms with Crippen molar-refractivity contribution in [1.82, 2.24) is 14.5 Å². The molecular formula is C25H26N4O2. The maximum Gasteiger partial charge on any atom is 0.336 e. The Kier molecular flexibility index (Phi) is 5.46. The lowest BCUT2D eigenvalue weighted by molar-refractivity contribution is 0.0697. The first-order chi connectivity index (χ1) is 14.9. The van der Waals surface area contributed by atoms with Crippen LogP contribution in [-0.4, -0.2) is 39.7 Å². The molecule has 4 aromatic rings. The average Bonchev–Trinajstić information content (AvgIpc) is 3.10. The molecule has 2 heterocycles. The first-order valence-corrected chi connectivity index (χ1v) is 10.3. The molecule has 0 atom stereocenters. The molecule has 0 bridgehead atoms. The molecule has 6 heteroatoms. The molecule has 0 aliphatic heterocycles. The van der Waals surface area contributed by atoms with Gasteiger partial charge in [0, 0.05) is 26.2 Å². The van der Waals surface area contributed by atoms with E-state index in [4.69, 9.17) is 9.97 Å². The average molecular weight is 415 g/mol. The minimum Gasteiger partial charge on any atom is -0.478 e. The second kappa shape index (κ2) is 8.22. The summed E-state index contributed by atoms with van der Waals surface area (Å²) in [5.41, 5.74) is 6.85. The van der Waals surface area contributed by atoms with Gasteiger partial charge in [-0.05, 0) is 35.7 Å². The number of carboxylic acid groups (broad SMARTS) is 1. The zero-order chi connectivity index (χ0) is 22.1. The summed E-state index contributed by atoms with van der Waals surface area (Å²) < 4.78 is 2.18. The maximum absolute atomic E-state index is 11.6. The smallest absolute Gasteiger partial charge is 0.336 e. The highest BCUT2D eigenvalue weighted by Gasteiger charge is 2.17. The fourth-order valence-corrected chi connectivity index (χ4v) is 3.91. The van der Waals surface area contributed by atoms with E-state index in [9.17, 15) is 9.90 Å². The molecule has 0 aliphatic carbocycles. The Morgan fingerprint density at radius 3 is 2.42 bits per heavy atom. The number of rotatable bonds is 6. The third-order valence-corrected chi connectivity index (χ3v) is 5.45. The predicted octanol–water partition coefficient (Wildman–Crippen LogP) is 4.78. The standard InChI is InChI=1S/C25H26N4O2/c1-5-22-27-23-21(28(3)4)14-16(2)26-24(23)29(22)15-17-10-12-18(13-11-17)19-8-6-7-9-20(19)25(30)31/h6-14H,5,15H2,1-4H3,(H,30,31). The summed E-state index contributed by atoms with van der Waals surface area (Å²) in [6.07, 6.45) is 0.812. The van der Waals surface area contributed by atoms with Gasteiger partial charge in [0.25, 0.3) is 0 Å². The van der Waals surface area contributed by atoms with Gasteiger partial charge in [0.15, 0.2) is 5.65 Å². The van der Waals surface area contributed by atoms with Crippen LogP contribution in [0.3, 0.4) is 0 Å². The SMILES string of the molecule is CCc1nc2c(N(C)C)cc(C)nc2n1Cc1ccc(-c2ccccc2C(=O)O)cc1. The summed E-state index contributed by atoms with van der Waals surface area (Å²) in [6.45, 7) is 4.76. The van der Waals surface area contributed by atoms with Gasteiger partial charge in [-0.25, -0.2) is 14.8 Å². The summed E-state index contributed by atoms with van der Waals surface area (Å²) in [4.78, 5) is 23.3. The van der Waals surface area contributed by atoms with E-state index in [1.54, 1.807) is 12.1 Å². The summed E-state index contributed by atoms with van der Waals surface area (Å²) >= 11 is 0. The number of aryl methyl sites for hydroxylation is 2. The Bertz CT molecular complexity index is 1260. The lowest BCUT2D eigenvalue weighted by Crippen LogP contribution is -2.10. The van der Waals surface area contributed by atoms with E-state index >= 15 is 0 Å². The van der Waals surface area contributed by atoms with Crippen LogP contribution in [0.5, 0.6) is 0 Å². The van der Waals surface area contributed by atoms with Crippen molar-refractivity contribution in [2.45, 2.75) is 26.8 Å². The topological polar surface area (TPSA) is 71.2 Å². The summed E-state index contributed by atoms with van der Waals surface area (Å²) in [6, 6.07) is 17.2. The van der Waals surface area contributed by atoms with E-state index in [0.29, 0.717) is 12.1 Å². The van der Waals surface area contributed by atoms with Crippen LogP contribution in [0.25, 0.3) is 22.3 Å². The fraction of sp³-hybridized carbons (Fsp3) is 0.240. The first kappa shape index (κ1) is 20.6. The van der Waals surface area contributed by atoms with Gasteiger partial charge in [-0.2, -0.15) is 0 Å². The minimum atomic E-state index is -0.921. The molecule has 0 radical (unpaired) electrons. The van der Waals surface area contributed by atoms with Crippen molar-refractivity contribution in [2.24, 2.45) is 0 Å². The number of anilines is 1. The number of nitrogens with zero attached hydrogens (tertiary/aromatic N) is 4. The van der Waals surface area contributed by atoms with Gasteiger partial charge in [0.1, 0.15) is 11.3 Å². The number of hydrogen-bond acceptors (Lipinski definition) is 4. The predicted molar refractivity (Wildman–Crippen MR) is 124 cm³/mol. The molecule has 0 saturated heterocycles. The van der Waals surface area contributed by atoms with E-state index in [2.05, 4.69) is 22.5 Å². The van der Waals surface area contributed by atoms with Gasteiger partial charge in [-0.3, -0.25) is 0 Å². The van der Waals surface area contributed by atoms with Gasteiger partial charge in [0.2, 0.25) is 0 Å². The van der Waals surface area contributed by atoms with Crippen LogP contribution in [0.1, 0.15) is 34.4 Å². The molecule has 0 spiro atoms. The van der Waals surface area contributed by atoms with Gasteiger partial charge in [-0.1, -0.05) is 49.4 Å². The number of fused-ring (bicyclic) bond motifs is 1. The monoisotopic (exact) mass is 414 g/mol. The third-order valence-electron chi connectivity index (χ3n) is 5.45. The van der Waals surface area contributed by atoms with Crippen LogP contribution in [0.4, 0.5) is 5.69 Å². The molecular weight excluding hydrogens is 388 g/mol. The summed E-state index contributed by atoms with van der Waals surface area (Å²) in [5.74, 6) is 0.0757. The van der Waals surface area contributed by atoms with E-state index in [0.717, 1.165) is 51.5 Å². The fourth-order valence-electron chi connectivity index (χ4n) is 3.91. The quantitative estimate of drug-likeness (QED) is 0.492. The lowest BCUT2D eigenvalue weighted by Gasteiger charge is -2.14. The third kappa shape index (κ3) is 3.89. The van der Waals surface area contributed by atoms with E-state index in [1.165, 1.54) is 0 Å². The highest BCUT2D eigenvalue weighted by molar-refractivity contribution is 5.96. The second-order valence-corrected chi connectivity index (χ2v) is 7.86. The number of hydrogen-bond donors (Lipinski definition) is 1. The Hall–Kier alpha value is -3.67. The Morgan fingerprint density at radius 2 is 1.77 bits per heavy atom. The van der Waals surface area contributed by atoms with Crippen LogP contribution in [0.15, 0.2) is 54.6 Å². The van der Waals surface area contributed by atoms with E-state index in [1.807, 2.05) is 57.4 Å². The molecule has 2 aromatic carbocycles. The van der Waals surface area contributed by atoms with Crippen molar-refractivity contribution in [3.05, 3.63) is 77.2 Å². The van der Waals surface area contributed by atoms with Crippen molar-refractivity contribution >= 4 is 22.8 Å². The van der Waals surface area contributed by atoms with Crippen LogP contribution < -0.4 is 4.90 Å². The molecule has 6 nitrogen and oxygen atoms in total. The Morgan fingerprint density at radius 1 is 1.06 bits per heavy atom. The molecule has 158 valence electrons. The Balaban J connectivity index is 1.73. The zero-order valence-corrected chi connectivity index (χ0v) is 18.3. The van der Waals surface area contributed by atoms with Gasteiger partial charge in [0.05, 0.1) is 17.8 Å². The van der Waals surface area contributed by atoms with Gasteiger partial charge in [-0.15, -0.1) is 0 Å². The highest BCUT2D eigenvalue weighted by atomic mass is 16.4. The van der Waals surface area contributed by atoms with Crippen molar-refractivity contribution in [3.63, 3.8) is 0 Å². The van der Waals surface area contributed by atoms with Crippen LogP contribution in [-0.2, 0) is 13.0 Å². The number of imidazole rings is 1. The van der Waals surface area contributed by atoms with E-state index in [-0.39, 0.29) is 0 Å². The normalized spacial score (nSPS) is 11.1. The number of benzene rings is 2. The number of aromatic nitrogens is 3. The number of pyridine rings is 1. The van der Waals surface area contributed by atoms with Gasteiger partial charge < -0.3 is 14.6 Å². The van der Waals surface area contributed by atoms with Crippen molar-refractivity contribution in [3.8, 4) is 11.1 Å². The highest BCUT2D eigenvalue weighted by Crippen LogP contribution is 2.28. The second-order valence-electron chi connectivity index (χ2n) is 7.86. The van der Waals surface area contributed by atoms with Crippen molar-refractivity contribution in [2.75, 3.05) is 19.0 Å². The van der Waals surface area contributed by atoms with Crippen molar-refractivity contribution in [1.29, 1.82) is 0 Å². The molecule has 0 unspecified atom stereocenters. The maximum atomic E-state index is 11.6. The summed E-state index contributed by atoms with van der Waals surface area (Å²) in [5, 5.41) is 9.47. The number of aromatic carboxylic acids is 1. The molecule has 1 N–H and O–H groups in total. The zero-order valence-electron chi connectivity index (χ0n) is 18.3. The lowest BCUT2D eigenvalue weighted by atomic mass is 9.99. The molecule has 0 saturated carbocycles. The minimum absolute atomic E-state index is 0.306. The molecule has 0 aliphatic rings. The van der Waals surface area contributed by atoms with Crippen molar-refractivity contribution < 1.29 is 9.90 Å². The summed E-state index contributed by atoms with van der Waals surface area (Å²) in [7, 11) is 4.04. The molecule has 2 aromatic heterocycles.